The minimum atomic E-state index is 0.321. The van der Waals surface area contributed by atoms with Crippen molar-refractivity contribution in [3.8, 4) is 11.4 Å². The quantitative estimate of drug-likeness (QED) is 0.356. The Labute approximate surface area is 219 Å². The first-order valence-corrected chi connectivity index (χ1v) is 13.8. The molecule has 0 bridgehead atoms. The molecular formula is C30H37N7. The molecule has 4 aromatic rings. The van der Waals surface area contributed by atoms with Crippen molar-refractivity contribution in [1.29, 1.82) is 0 Å². The molecule has 1 fully saturated rings. The van der Waals surface area contributed by atoms with Gasteiger partial charge in [-0.1, -0.05) is 43.5 Å². The van der Waals surface area contributed by atoms with Crippen molar-refractivity contribution in [2.75, 3.05) is 32.0 Å². The summed E-state index contributed by atoms with van der Waals surface area (Å²) in [6.07, 6.45) is 13.6. The molecule has 1 aliphatic carbocycles. The summed E-state index contributed by atoms with van der Waals surface area (Å²) in [5, 5.41) is 8.14. The fraction of sp³-hybridized carbons (Fsp3) is 0.433. The zero-order chi connectivity index (χ0) is 25.0. The van der Waals surface area contributed by atoms with Crippen LogP contribution in [0.2, 0.25) is 0 Å². The van der Waals surface area contributed by atoms with Gasteiger partial charge in [0.15, 0.2) is 5.82 Å². The first kappa shape index (κ1) is 24.1. The molecule has 0 spiro atoms. The highest BCUT2D eigenvalue weighted by molar-refractivity contribution is 5.77. The molecule has 0 radical (unpaired) electrons. The highest BCUT2D eigenvalue weighted by atomic mass is 15.2. The van der Waals surface area contributed by atoms with Gasteiger partial charge >= 0.3 is 0 Å². The van der Waals surface area contributed by atoms with E-state index in [4.69, 9.17) is 4.98 Å². The van der Waals surface area contributed by atoms with Crippen molar-refractivity contribution in [1.82, 2.24) is 29.7 Å². The largest absolute Gasteiger partial charge is 0.368 e. The topological polar surface area (TPSA) is 70.9 Å². The molecule has 7 nitrogen and oxygen atoms in total. The molecule has 0 saturated heterocycles. The SMILES string of the molecule is CNC(CNc1cc(-c2ncc3ccn(C4CCCCC4)c3n2)ccn1)CN1CCc2ccccc2C1. The number of benzene rings is 1. The maximum absolute atomic E-state index is 5.01. The summed E-state index contributed by atoms with van der Waals surface area (Å²) in [4.78, 5) is 16.8. The molecule has 1 aliphatic heterocycles. The second kappa shape index (κ2) is 11.0. The van der Waals surface area contributed by atoms with Gasteiger partial charge in [0, 0.05) is 67.8 Å². The lowest BCUT2D eigenvalue weighted by Gasteiger charge is -2.32. The highest BCUT2D eigenvalue weighted by Crippen LogP contribution is 2.31. The van der Waals surface area contributed by atoms with Crippen molar-refractivity contribution in [3.05, 3.63) is 72.2 Å². The molecule has 1 unspecified atom stereocenters. The maximum atomic E-state index is 5.01. The highest BCUT2D eigenvalue weighted by Gasteiger charge is 2.20. The van der Waals surface area contributed by atoms with E-state index in [2.05, 4.69) is 72.7 Å². The van der Waals surface area contributed by atoms with Gasteiger partial charge in [0.25, 0.3) is 0 Å². The predicted octanol–water partition coefficient (Wildman–Crippen LogP) is 5.06. The van der Waals surface area contributed by atoms with Gasteiger partial charge in [0.1, 0.15) is 11.5 Å². The molecule has 6 rings (SSSR count). The lowest BCUT2D eigenvalue weighted by molar-refractivity contribution is 0.231. The zero-order valence-corrected chi connectivity index (χ0v) is 21.7. The summed E-state index contributed by atoms with van der Waals surface area (Å²) < 4.78 is 2.37. The van der Waals surface area contributed by atoms with Crippen LogP contribution in [0.4, 0.5) is 5.82 Å². The Bertz CT molecular complexity index is 1340. The number of pyridine rings is 1. The summed E-state index contributed by atoms with van der Waals surface area (Å²) in [7, 11) is 2.04. The average molecular weight is 496 g/mol. The molecule has 4 heterocycles. The number of rotatable bonds is 8. The van der Waals surface area contributed by atoms with Gasteiger partial charge in [-0.15, -0.1) is 0 Å². The van der Waals surface area contributed by atoms with Crippen LogP contribution in [-0.2, 0) is 13.0 Å². The molecule has 1 aromatic carbocycles. The summed E-state index contributed by atoms with van der Waals surface area (Å²) in [6, 6.07) is 15.9. The molecule has 0 amide bonds. The van der Waals surface area contributed by atoms with Gasteiger partial charge in [0.2, 0.25) is 0 Å². The van der Waals surface area contributed by atoms with E-state index < -0.39 is 0 Å². The normalized spacial score (nSPS) is 17.5. The van der Waals surface area contributed by atoms with Gasteiger partial charge in [0.05, 0.1) is 0 Å². The Hall–Kier alpha value is -3.29. The van der Waals surface area contributed by atoms with E-state index >= 15 is 0 Å². The Kier molecular flexibility index (Phi) is 7.15. The van der Waals surface area contributed by atoms with Crippen molar-refractivity contribution < 1.29 is 0 Å². The van der Waals surface area contributed by atoms with Crippen LogP contribution in [0.25, 0.3) is 22.4 Å². The van der Waals surface area contributed by atoms with E-state index in [1.807, 2.05) is 25.5 Å². The van der Waals surface area contributed by atoms with Crippen LogP contribution in [0.15, 0.2) is 61.1 Å². The van der Waals surface area contributed by atoms with Crippen molar-refractivity contribution in [2.45, 2.75) is 57.2 Å². The van der Waals surface area contributed by atoms with Crippen LogP contribution in [0.1, 0.15) is 49.3 Å². The van der Waals surface area contributed by atoms with E-state index in [1.165, 1.54) is 43.2 Å². The lowest BCUT2D eigenvalue weighted by atomic mass is 9.95. The first-order valence-electron chi connectivity index (χ1n) is 13.8. The van der Waals surface area contributed by atoms with Gasteiger partial charge in [-0.2, -0.15) is 0 Å². The van der Waals surface area contributed by atoms with Crippen molar-refractivity contribution >= 4 is 16.9 Å². The molecule has 3 aromatic heterocycles. The maximum Gasteiger partial charge on any atom is 0.161 e. The molecule has 1 atom stereocenters. The van der Waals surface area contributed by atoms with E-state index in [1.54, 1.807) is 0 Å². The number of anilines is 1. The number of hydrogen-bond acceptors (Lipinski definition) is 6. The molecule has 2 N–H and O–H groups in total. The van der Waals surface area contributed by atoms with E-state index in [9.17, 15) is 0 Å². The fourth-order valence-corrected chi connectivity index (χ4v) is 5.90. The second-order valence-corrected chi connectivity index (χ2v) is 10.5. The van der Waals surface area contributed by atoms with E-state index in [0.29, 0.717) is 12.1 Å². The van der Waals surface area contributed by atoms with Gasteiger partial charge in [-0.25, -0.2) is 15.0 Å². The Morgan fingerprint density at radius 3 is 2.76 bits per heavy atom. The van der Waals surface area contributed by atoms with Gasteiger partial charge in [-0.3, -0.25) is 4.90 Å². The summed E-state index contributed by atoms with van der Waals surface area (Å²) >= 11 is 0. The lowest BCUT2D eigenvalue weighted by Crippen LogP contribution is -2.45. The van der Waals surface area contributed by atoms with Crippen LogP contribution in [0.3, 0.4) is 0 Å². The minimum Gasteiger partial charge on any atom is -0.368 e. The Morgan fingerprint density at radius 1 is 1.03 bits per heavy atom. The molecular weight excluding hydrogens is 458 g/mol. The summed E-state index contributed by atoms with van der Waals surface area (Å²) in [6.45, 7) is 3.92. The van der Waals surface area contributed by atoms with Crippen LogP contribution in [0.5, 0.6) is 0 Å². The number of hydrogen-bond donors (Lipinski definition) is 2. The number of nitrogens with zero attached hydrogens (tertiary/aromatic N) is 5. The number of nitrogens with one attached hydrogen (secondary N) is 2. The first-order chi connectivity index (χ1) is 18.3. The second-order valence-electron chi connectivity index (χ2n) is 10.5. The number of aromatic nitrogens is 4. The molecule has 192 valence electrons. The van der Waals surface area contributed by atoms with Crippen LogP contribution >= 0.6 is 0 Å². The van der Waals surface area contributed by atoms with Crippen molar-refractivity contribution in [3.63, 3.8) is 0 Å². The Morgan fingerprint density at radius 2 is 1.89 bits per heavy atom. The third kappa shape index (κ3) is 5.38. The zero-order valence-electron chi connectivity index (χ0n) is 21.7. The third-order valence-electron chi connectivity index (χ3n) is 8.07. The molecule has 1 saturated carbocycles. The fourth-order valence-electron chi connectivity index (χ4n) is 5.90. The molecule has 2 aliphatic rings. The van der Waals surface area contributed by atoms with E-state index in [0.717, 1.165) is 60.8 Å². The Balaban J connectivity index is 1.13. The van der Waals surface area contributed by atoms with Crippen LogP contribution in [0, 0.1) is 0 Å². The minimum absolute atomic E-state index is 0.321. The standard InChI is InChI=1S/C30H37N7/c1-31-26(21-36-15-12-22-7-5-6-8-25(22)20-36)19-33-28-17-23(11-14-32-28)29-34-18-24-13-16-37(30(24)35-29)27-9-3-2-4-10-27/h5-8,11,13-14,16-18,26-27,31H,2-4,9-10,12,15,19-21H2,1H3,(H,32,33). The third-order valence-corrected chi connectivity index (χ3v) is 8.07. The van der Waals surface area contributed by atoms with Gasteiger partial charge in [-0.05, 0) is 55.6 Å². The summed E-state index contributed by atoms with van der Waals surface area (Å²) in [5.41, 5.74) is 4.98. The van der Waals surface area contributed by atoms with E-state index in [-0.39, 0.29) is 0 Å². The predicted molar refractivity (Wildman–Crippen MR) is 150 cm³/mol. The molecule has 7 heteroatoms. The number of likely N-dealkylation sites (N-methyl/N-ethyl adjacent to an activating group) is 1. The van der Waals surface area contributed by atoms with Gasteiger partial charge < -0.3 is 15.2 Å². The van der Waals surface area contributed by atoms with Crippen molar-refractivity contribution in [2.24, 2.45) is 0 Å². The summed E-state index contributed by atoms with van der Waals surface area (Å²) in [5.74, 6) is 1.61. The monoisotopic (exact) mass is 495 g/mol. The smallest absolute Gasteiger partial charge is 0.161 e. The number of fused-ring (bicyclic) bond motifs is 2. The molecule has 37 heavy (non-hydrogen) atoms. The van der Waals surface area contributed by atoms with Crippen LogP contribution in [-0.4, -0.2) is 57.1 Å². The average Bonchev–Trinajstić information content (AvgIpc) is 3.39. The van der Waals surface area contributed by atoms with Crippen LogP contribution < -0.4 is 10.6 Å².